The lowest BCUT2D eigenvalue weighted by Gasteiger charge is -2.23. The summed E-state index contributed by atoms with van der Waals surface area (Å²) in [7, 11) is -4.45. The van der Waals surface area contributed by atoms with Gasteiger partial charge in [-0.15, -0.1) is 0 Å². The van der Waals surface area contributed by atoms with Crippen molar-refractivity contribution in [2.75, 3.05) is 0 Å². The van der Waals surface area contributed by atoms with Crippen molar-refractivity contribution in [3.63, 3.8) is 0 Å². The van der Waals surface area contributed by atoms with Crippen LogP contribution in [0.3, 0.4) is 0 Å². The topological polar surface area (TPSA) is 166 Å². The molecule has 0 aliphatic carbocycles. The van der Waals surface area contributed by atoms with E-state index in [9.17, 15) is 35.2 Å². The number of phosphoric ester groups is 1. The number of rotatable bonds is 12. The molecule has 0 aliphatic heterocycles. The van der Waals surface area contributed by atoms with E-state index in [-0.39, 0.29) is 53.2 Å². The number of aliphatic hydroxyl groups is 6. The van der Waals surface area contributed by atoms with E-state index in [2.05, 4.69) is 0 Å². The van der Waals surface area contributed by atoms with Crippen LogP contribution in [-0.4, -0.2) is 30.6 Å². The molecule has 3 rings (SSSR count). The first-order valence-electron chi connectivity index (χ1n) is 12.1. The Morgan fingerprint density at radius 1 is 0.500 bits per heavy atom. The van der Waals surface area contributed by atoms with Crippen molar-refractivity contribution in [2.24, 2.45) is 0 Å². The van der Waals surface area contributed by atoms with Crippen molar-refractivity contribution >= 4 is 7.82 Å². The summed E-state index contributed by atoms with van der Waals surface area (Å²) in [6.45, 7) is 4.81. The zero-order valence-corrected chi connectivity index (χ0v) is 22.2. The van der Waals surface area contributed by atoms with Gasteiger partial charge in [0.1, 0.15) is 17.2 Å². The van der Waals surface area contributed by atoms with Crippen molar-refractivity contribution in [2.45, 2.75) is 57.4 Å². The van der Waals surface area contributed by atoms with Crippen LogP contribution in [0.25, 0.3) is 0 Å². The molecule has 3 aromatic rings. The van der Waals surface area contributed by atoms with Crippen LogP contribution in [0.1, 0.15) is 56.7 Å². The summed E-state index contributed by atoms with van der Waals surface area (Å²) in [6, 6.07) is 16.6. The van der Waals surface area contributed by atoms with Crippen LogP contribution < -0.4 is 13.6 Å². The smallest absolute Gasteiger partial charge is 0.386 e. The SMILES string of the molecule is CCC(O)(O)c1ccc(OP(=O)(Oc2ccc(C(O)(O)CC)cc2)Oc2ccc(C(O)(O)CC)cc2)cc1. The summed E-state index contributed by atoms with van der Waals surface area (Å²) in [5.74, 6) is -5.99. The number of hydrogen-bond donors (Lipinski definition) is 6. The highest BCUT2D eigenvalue weighted by Crippen LogP contribution is 2.50. The van der Waals surface area contributed by atoms with Gasteiger partial charge in [-0.25, -0.2) is 0 Å². The second-order valence-corrected chi connectivity index (χ2v) is 10.2. The Balaban J connectivity index is 1.91. The van der Waals surface area contributed by atoms with E-state index in [1.807, 2.05) is 0 Å². The lowest BCUT2D eigenvalue weighted by molar-refractivity contribution is -0.171. The summed E-state index contributed by atoms with van der Waals surface area (Å²) >= 11 is 0. The zero-order chi connectivity index (χ0) is 28.2. The average molecular weight is 549 g/mol. The molecular weight excluding hydrogens is 515 g/mol. The minimum absolute atomic E-state index is 0.0451. The third-order valence-corrected chi connectivity index (χ3v) is 7.38. The maximum absolute atomic E-state index is 13.8. The van der Waals surface area contributed by atoms with Crippen LogP contribution >= 0.6 is 7.82 Å². The minimum atomic E-state index is -4.45. The fourth-order valence-electron chi connectivity index (χ4n) is 3.40. The molecule has 0 bridgehead atoms. The van der Waals surface area contributed by atoms with Crippen molar-refractivity contribution in [1.29, 1.82) is 0 Å². The van der Waals surface area contributed by atoms with Crippen molar-refractivity contribution in [3.05, 3.63) is 89.5 Å². The molecule has 0 spiro atoms. The highest BCUT2D eigenvalue weighted by Gasteiger charge is 2.34. The fraction of sp³-hybridized carbons (Fsp3) is 0.333. The first kappa shape index (κ1) is 29.6. The molecule has 0 saturated heterocycles. The number of benzene rings is 3. The highest BCUT2D eigenvalue weighted by molar-refractivity contribution is 7.49. The van der Waals surface area contributed by atoms with Crippen LogP contribution in [0.2, 0.25) is 0 Å². The molecule has 38 heavy (non-hydrogen) atoms. The molecule has 206 valence electrons. The van der Waals surface area contributed by atoms with Crippen LogP contribution in [0, 0.1) is 0 Å². The molecule has 0 heterocycles. The third kappa shape index (κ3) is 7.12. The maximum Gasteiger partial charge on any atom is 0.647 e. The molecule has 0 aliphatic rings. The van der Waals surface area contributed by atoms with Gasteiger partial charge in [0.15, 0.2) is 17.4 Å². The second-order valence-electron chi connectivity index (χ2n) is 8.80. The van der Waals surface area contributed by atoms with E-state index >= 15 is 0 Å². The molecule has 10 nitrogen and oxygen atoms in total. The van der Waals surface area contributed by atoms with Crippen LogP contribution in [-0.2, 0) is 21.9 Å². The van der Waals surface area contributed by atoms with Gasteiger partial charge in [-0.05, 0) is 72.8 Å². The Labute approximate surface area is 220 Å². The highest BCUT2D eigenvalue weighted by atomic mass is 31.2. The van der Waals surface area contributed by atoms with Gasteiger partial charge in [0.2, 0.25) is 0 Å². The van der Waals surface area contributed by atoms with Gasteiger partial charge in [0, 0.05) is 36.0 Å². The Hall–Kier alpha value is -2.95. The summed E-state index contributed by atoms with van der Waals surface area (Å²) in [4.78, 5) is 0. The Kier molecular flexibility index (Phi) is 8.90. The predicted molar refractivity (Wildman–Crippen MR) is 138 cm³/mol. The van der Waals surface area contributed by atoms with Gasteiger partial charge in [-0.2, -0.15) is 4.57 Å². The number of hydrogen-bond acceptors (Lipinski definition) is 10. The fourth-order valence-corrected chi connectivity index (χ4v) is 4.66. The quantitative estimate of drug-likeness (QED) is 0.144. The molecule has 0 atom stereocenters. The van der Waals surface area contributed by atoms with Gasteiger partial charge in [0.25, 0.3) is 0 Å². The van der Waals surface area contributed by atoms with Gasteiger partial charge >= 0.3 is 7.82 Å². The van der Waals surface area contributed by atoms with Crippen molar-refractivity contribution < 1.29 is 48.8 Å². The zero-order valence-electron chi connectivity index (χ0n) is 21.3. The van der Waals surface area contributed by atoms with Crippen LogP contribution in [0.5, 0.6) is 17.2 Å². The van der Waals surface area contributed by atoms with Crippen molar-refractivity contribution in [3.8, 4) is 17.2 Å². The molecule has 3 aromatic carbocycles. The van der Waals surface area contributed by atoms with Crippen molar-refractivity contribution in [1.82, 2.24) is 0 Å². The van der Waals surface area contributed by atoms with E-state index < -0.39 is 25.2 Å². The van der Waals surface area contributed by atoms with Crippen LogP contribution in [0.4, 0.5) is 0 Å². The molecule has 11 heteroatoms. The lowest BCUT2D eigenvalue weighted by Crippen LogP contribution is -2.23. The van der Waals surface area contributed by atoms with E-state index in [1.165, 1.54) is 72.8 Å². The minimum Gasteiger partial charge on any atom is -0.386 e. The van der Waals surface area contributed by atoms with E-state index in [0.717, 1.165) is 0 Å². The van der Waals surface area contributed by atoms with E-state index in [4.69, 9.17) is 13.6 Å². The van der Waals surface area contributed by atoms with E-state index in [0.29, 0.717) is 0 Å². The third-order valence-electron chi connectivity index (χ3n) is 6.08. The van der Waals surface area contributed by atoms with Gasteiger partial charge in [-0.1, -0.05) is 20.8 Å². The lowest BCUT2D eigenvalue weighted by atomic mass is 10.0. The molecule has 0 saturated carbocycles. The second kappa shape index (κ2) is 11.4. The van der Waals surface area contributed by atoms with E-state index in [1.54, 1.807) is 20.8 Å². The van der Waals surface area contributed by atoms with Gasteiger partial charge in [0.05, 0.1) is 0 Å². The average Bonchev–Trinajstić information content (AvgIpc) is 2.89. The maximum atomic E-state index is 13.8. The van der Waals surface area contributed by atoms with Crippen LogP contribution in [0.15, 0.2) is 72.8 Å². The van der Waals surface area contributed by atoms with Gasteiger partial charge in [-0.3, -0.25) is 0 Å². The molecule has 6 N–H and O–H groups in total. The molecule has 0 aromatic heterocycles. The number of phosphoric acid groups is 1. The Bertz CT molecular complexity index is 1080. The Morgan fingerprint density at radius 3 is 0.895 bits per heavy atom. The summed E-state index contributed by atoms with van der Waals surface area (Å²) < 4.78 is 30.6. The monoisotopic (exact) mass is 548 g/mol. The summed E-state index contributed by atoms with van der Waals surface area (Å²) in [6.07, 6.45) is 0.143. The summed E-state index contributed by atoms with van der Waals surface area (Å²) in [5, 5.41) is 60.3. The normalized spacial score (nSPS) is 12.8. The molecule has 0 radical (unpaired) electrons. The Morgan fingerprint density at radius 2 is 0.711 bits per heavy atom. The van der Waals surface area contributed by atoms with Gasteiger partial charge < -0.3 is 44.2 Å². The molecule has 0 fully saturated rings. The predicted octanol–water partition coefficient (Wildman–Crippen LogP) is 3.97. The first-order valence-corrected chi connectivity index (χ1v) is 13.5. The first-order chi connectivity index (χ1) is 17.7. The summed E-state index contributed by atoms with van der Waals surface area (Å²) in [5.41, 5.74) is 0.611. The molecular formula is C27H33O10P. The molecule has 0 unspecified atom stereocenters. The standard InChI is InChI=1S/C27H33O10P/c1-4-25(28,29)19-7-13-22(14-8-19)35-38(34,36-23-15-9-20(10-16-23)26(30,31)5-2)37-24-17-11-21(12-18-24)27(32,33)6-3/h7-18,28-33H,4-6H2,1-3H3. The largest absolute Gasteiger partial charge is 0.647 e. The molecule has 0 amide bonds.